The number of ether oxygens (including phenoxy) is 1. The third kappa shape index (κ3) is 4.58. The van der Waals surface area contributed by atoms with E-state index in [0.717, 1.165) is 17.2 Å². The first-order chi connectivity index (χ1) is 12.2. The van der Waals surface area contributed by atoms with Crippen LogP contribution in [0.5, 0.6) is 0 Å². The van der Waals surface area contributed by atoms with Gasteiger partial charge in [0.25, 0.3) is 11.6 Å². The first-order valence-electron chi connectivity index (χ1n) is 7.72. The van der Waals surface area contributed by atoms with E-state index in [4.69, 9.17) is 16.3 Å². The molecule has 26 heavy (non-hydrogen) atoms. The lowest BCUT2D eigenvalue weighted by Crippen LogP contribution is -2.30. The van der Waals surface area contributed by atoms with Crippen LogP contribution in [0.4, 0.5) is 11.4 Å². The topological polar surface area (TPSA) is 98.5 Å². The maximum atomic E-state index is 12.2. The molecular formula is C18H17ClN2O5. The Labute approximate surface area is 155 Å². The van der Waals surface area contributed by atoms with E-state index in [-0.39, 0.29) is 10.6 Å². The summed E-state index contributed by atoms with van der Waals surface area (Å²) in [7, 11) is 0. The number of hydrogen-bond acceptors (Lipinski definition) is 5. The van der Waals surface area contributed by atoms with E-state index in [9.17, 15) is 19.7 Å². The van der Waals surface area contributed by atoms with Crippen molar-refractivity contribution in [2.75, 3.05) is 5.32 Å². The number of carbonyl (C=O) groups is 2. The SMILES string of the molecule is Cc1ccc(NC(=O)[C@H](C)OC(=O)c2ccc(Cl)c([N+](=O)[O-])c2)c(C)c1. The van der Waals surface area contributed by atoms with Gasteiger partial charge in [0.15, 0.2) is 6.10 Å². The highest BCUT2D eigenvalue weighted by atomic mass is 35.5. The minimum atomic E-state index is -1.09. The Hall–Kier alpha value is -2.93. The van der Waals surface area contributed by atoms with Gasteiger partial charge in [-0.1, -0.05) is 29.3 Å². The van der Waals surface area contributed by atoms with Gasteiger partial charge >= 0.3 is 5.97 Å². The summed E-state index contributed by atoms with van der Waals surface area (Å²) in [6, 6.07) is 9.08. The fourth-order valence-electron chi connectivity index (χ4n) is 2.25. The van der Waals surface area contributed by atoms with Crippen LogP contribution in [0.1, 0.15) is 28.4 Å². The second kappa shape index (κ2) is 7.97. The van der Waals surface area contributed by atoms with E-state index < -0.39 is 28.6 Å². The van der Waals surface area contributed by atoms with Crippen LogP contribution in [0.2, 0.25) is 5.02 Å². The maximum Gasteiger partial charge on any atom is 0.339 e. The number of nitro benzene ring substituents is 1. The van der Waals surface area contributed by atoms with Gasteiger partial charge in [0.05, 0.1) is 10.5 Å². The molecule has 0 unspecified atom stereocenters. The number of nitro groups is 1. The van der Waals surface area contributed by atoms with Crippen molar-refractivity contribution >= 4 is 34.9 Å². The predicted octanol–water partition coefficient (Wildman–Crippen LogP) is 4.05. The second-order valence-corrected chi connectivity index (χ2v) is 6.19. The fraction of sp³-hybridized carbons (Fsp3) is 0.222. The summed E-state index contributed by atoms with van der Waals surface area (Å²) in [4.78, 5) is 34.6. The number of carbonyl (C=O) groups excluding carboxylic acids is 2. The molecule has 0 bridgehead atoms. The molecule has 0 aromatic heterocycles. The number of rotatable bonds is 5. The number of esters is 1. The van der Waals surface area contributed by atoms with Gasteiger partial charge in [0.1, 0.15) is 5.02 Å². The normalized spacial score (nSPS) is 11.5. The van der Waals surface area contributed by atoms with Crippen LogP contribution < -0.4 is 5.32 Å². The number of nitrogens with one attached hydrogen (secondary N) is 1. The van der Waals surface area contributed by atoms with Crippen LogP contribution in [0, 0.1) is 24.0 Å². The van der Waals surface area contributed by atoms with Crippen LogP contribution in [-0.2, 0) is 9.53 Å². The van der Waals surface area contributed by atoms with Gasteiger partial charge in [-0.25, -0.2) is 4.79 Å². The molecule has 1 atom stereocenters. The lowest BCUT2D eigenvalue weighted by molar-refractivity contribution is -0.384. The molecule has 0 spiro atoms. The number of hydrogen-bond donors (Lipinski definition) is 1. The van der Waals surface area contributed by atoms with Crippen molar-refractivity contribution in [3.05, 3.63) is 68.2 Å². The first kappa shape index (κ1) is 19.4. The molecule has 136 valence electrons. The molecule has 0 aliphatic rings. The highest BCUT2D eigenvalue weighted by molar-refractivity contribution is 6.32. The smallest absolute Gasteiger partial charge is 0.339 e. The Morgan fingerprint density at radius 1 is 1.19 bits per heavy atom. The Morgan fingerprint density at radius 3 is 2.50 bits per heavy atom. The van der Waals surface area contributed by atoms with Gasteiger partial charge in [-0.2, -0.15) is 0 Å². The van der Waals surface area contributed by atoms with Crippen molar-refractivity contribution in [2.24, 2.45) is 0 Å². The fourth-order valence-corrected chi connectivity index (χ4v) is 2.44. The molecular weight excluding hydrogens is 360 g/mol. The van der Waals surface area contributed by atoms with E-state index in [1.54, 1.807) is 6.07 Å². The minimum Gasteiger partial charge on any atom is -0.449 e. The standard InChI is InChI=1S/C18H17ClN2O5/c1-10-4-7-15(11(2)8-10)20-17(22)12(3)26-18(23)13-5-6-14(19)16(9-13)21(24)25/h4-9,12H,1-3H3,(H,20,22)/t12-/m0/s1. The average molecular weight is 377 g/mol. The van der Waals surface area contributed by atoms with Crippen LogP contribution >= 0.6 is 11.6 Å². The molecule has 2 aromatic carbocycles. The number of halogens is 1. The maximum absolute atomic E-state index is 12.2. The highest BCUT2D eigenvalue weighted by Crippen LogP contribution is 2.25. The summed E-state index contributed by atoms with van der Waals surface area (Å²) < 4.78 is 5.09. The third-order valence-electron chi connectivity index (χ3n) is 3.67. The molecule has 1 N–H and O–H groups in total. The van der Waals surface area contributed by atoms with Crippen molar-refractivity contribution in [2.45, 2.75) is 26.9 Å². The first-order valence-corrected chi connectivity index (χ1v) is 8.10. The second-order valence-electron chi connectivity index (χ2n) is 5.78. The Bertz CT molecular complexity index is 882. The van der Waals surface area contributed by atoms with Crippen LogP contribution in [0.3, 0.4) is 0 Å². The van der Waals surface area contributed by atoms with E-state index in [2.05, 4.69) is 5.32 Å². The predicted molar refractivity (Wildman–Crippen MR) is 97.5 cm³/mol. The number of anilines is 1. The van der Waals surface area contributed by atoms with Gasteiger partial charge < -0.3 is 10.1 Å². The third-order valence-corrected chi connectivity index (χ3v) is 3.99. The average Bonchev–Trinajstić information content (AvgIpc) is 2.57. The molecule has 7 nitrogen and oxygen atoms in total. The van der Waals surface area contributed by atoms with Gasteiger partial charge in [-0.3, -0.25) is 14.9 Å². The summed E-state index contributed by atoms with van der Waals surface area (Å²) in [5, 5.41) is 13.5. The zero-order valence-corrected chi connectivity index (χ0v) is 15.2. The zero-order chi connectivity index (χ0) is 19.4. The molecule has 0 saturated carbocycles. The van der Waals surface area contributed by atoms with Gasteiger partial charge in [-0.05, 0) is 44.5 Å². The Kier molecular flexibility index (Phi) is 5.94. The minimum absolute atomic E-state index is 0.0627. The lowest BCUT2D eigenvalue weighted by Gasteiger charge is -2.15. The van der Waals surface area contributed by atoms with Crippen molar-refractivity contribution in [1.82, 2.24) is 0 Å². The monoisotopic (exact) mass is 376 g/mol. The van der Waals surface area contributed by atoms with Crippen molar-refractivity contribution in [1.29, 1.82) is 0 Å². The lowest BCUT2D eigenvalue weighted by atomic mass is 10.1. The summed E-state index contributed by atoms with van der Waals surface area (Å²) in [6.07, 6.45) is -1.09. The molecule has 0 heterocycles. The van der Waals surface area contributed by atoms with Crippen molar-refractivity contribution in [3.8, 4) is 0 Å². The molecule has 2 rings (SSSR count). The van der Waals surface area contributed by atoms with Crippen molar-refractivity contribution < 1.29 is 19.2 Å². The van der Waals surface area contributed by atoms with Crippen LogP contribution in [-0.4, -0.2) is 22.9 Å². The van der Waals surface area contributed by atoms with E-state index in [0.29, 0.717) is 5.69 Å². The molecule has 0 saturated heterocycles. The molecule has 2 aromatic rings. The zero-order valence-electron chi connectivity index (χ0n) is 14.4. The van der Waals surface area contributed by atoms with E-state index >= 15 is 0 Å². The summed E-state index contributed by atoms with van der Waals surface area (Å²) in [5.74, 6) is -1.36. The number of nitrogens with zero attached hydrogens (tertiary/aromatic N) is 1. The van der Waals surface area contributed by atoms with Gasteiger partial charge in [0, 0.05) is 11.8 Å². The highest BCUT2D eigenvalue weighted by Gasteiger charge is 2.22. The van der Waals surface area contributed by atoms with Gasteiger partial charge in [0.2, 0.25) is 0 Å². The number of benzene rings is 2. The molecule has 0 radical (unpaired) electrons. The molecule has 0 aliphatic carbocycles. The summed E-state index contributed by atoms with van der Waals surface area (Å²) in [5.41, 5.74) is 2.08. The van der Waals surface area contributed by atoms with Crippen LogP contribution in [0.15, 0.2) is 36.4 Å². The largest absolute Gasteiger partial charge is 0.449 e. The van der Waals surface area contributed by atoms with Crippen molar-refractivity contribution in [3.63, 3.8) is 0 Å². The van der Waals surface area contributed by atoms with E-state index in [1.165, 1.54) is 19.1 Å². The Balaban J connectivity index is 2.07. The number of aryl methyl sites for hydroxylation is 2. The summed E-state index contributed by atoms with van der Waals surface area (Å²) in [6.45, 7) is 5.21. The molecule has 0 fully saturated rings. The summed E-state index contributed by atoms with van der Waals surface area (Å²) >= 11 is 5.71. The van der Waals surface area contributed by atoms with Crippen LogP contribution in [0.25, 0.3) is 0 Å². The quantitative estimate of drug-likeness (QED) is 0.482. The van der Waals surface area contributed by atoms with Gasteiger partial charge in [-0.15, -0.1) is 0 Å². The Morgan fingerprint density at radius 2 is 1.88 bits per heavy atom. The molecule has 0 aliphatic heterocycles. The number of amides is 1. The van der Waals surface area contributed by atoms with E-state index in [1.807, 2.05) is 26.0 Å². The molecule has 1 amide bonds. The molecule has 8 heteroatoms.